The molecule has 3 rings (SSSR count). The lowest BCUT2D eigenvalue weighted by Crippen LogP contribution is -2.15. The van der Waals surface area contributed by atoms with Gasteiger partial charge in [-0.1, -0.05) is 31.4 Å². The van der Waals surface area contributed by atoms with E-state index in [4.69, 9.17) is 0 Å². The van der Waals surface area contributed by atoms with E-state index in [1.807, 2.05) is 25.1 Å². The third-order valence-corrected chi connectivity index (χ3v) is 4.51. The number of hydrogen-bond acceptors (Lipinski definition) is 2. The highest BCUT2D eigenvalue weighted by molar-refractivity contribution is 6.03. The molecule has 4 nitrogen and oxygen atoms in total. The zero-order chi connectivity index (χ0) is 15.4. The van der Waals surface area contributed by atoms with Crippen LogP contribution in [0.25, 0.3) is 0 Å². The van der Waals surface area contributed by atoms with Gasteiger partial charge in [0.1, 0.15) is 5.82 Å². The van der Waals surface area contributed by atoms with Crippen LogP contribution < -0.4 is 5.32 Å². The molecular weight excluding hydrogens is 274 g/mol. The molecule has 2 aromatic rings. The van der Waals surface area contributed by atoms with Crippen molar-refractivity contribution in [2.75, 3.05) is 5.32 Å². The van der Waals surface area contributed by atoms with E-state index in [9.17, 15) is 4.79 Å². The summed E-state index contributed by atoms with van der Waals surface area (Å²) in [5.41, 5.74) is 2.07. The van der Waals surface area contributed by atoms with E-state index < -0.39 is 0 Å². The minimum absolute atomic E-state index is 0.0783. The molecule has 1 saturated carbocycles. The Bertz CT molecular complexity index is 624. The van der Waals surface area contributed by atoms with Gasteiger partial charge in [0.2, 0.25) is 0 Å². The highest BCUT2D eigenvalue weighted by Gasteiger charge is 2.16. The zero-order valence-electron chi connectivity index (χ0n) is 13.1. The zero-order valence-corrected chi connectivity index (χ0v) is 13.1. The van der Waals surface area contributed by atoms with Crippen LogP contribution in [-0.4, -0.2) is 15.7 Å². The minimum atomic E-state index is -0.0783. The smallest absolute Gasteiger partial charge is 0.256 e. The molecule has 0 aliphatic heterocycles. The van der Waals surface area contributed by atoms with Crippen molar-refractivity contribution in [3.63, 3.8) is 0 Å². The highest BCUT2D eigenvalue weighted by atomic mass is 16.1. The maximum absolute atomic E-state index is 12.3. The molecule has 0 spiro atoms. The molecule has 22 heavy (non-hydrogen) atoms. The fourth-order valence-electron chi connectivity index (χ4n) is 3.22. The Kier molecular flexibility index (Phi) is 4.56. The van der Waals surface area contributed by atoms with Crippen molar-refractivity contribution in [1.82, 2.24) is 9.78 Å². The number of amides is 1. The van der Waals surface area contributed by atoms with Crippen molar-refractivity contribution in [3.05, 3.63) is 47.7 Å². The summed E-state index contributed by atoms with van der Waals surface area (Å²) in [5, 5.41) is 7.08. The van der Waals surface area contributed by atoms with E-state index in [0.29, 0.717) is 11.5 Å². The van der Waals surface area contributed by atoms with Crippen molar-refractivity contribution in [2.45, 2.75) is 51.5 Å². The Morgan fingerprint density at radius 3 is 2.59 bits per heavy atom. The molecule has 116 valence electrons. The molecule has 0 unspecified atom stereocenters. The van der Waals surface area contributed by atoms with Crippen LogP contribution in [0.2, 0.25) is 0 Å². The van der Waals surface area contributed by atoms with Gasteiger partial charge in [-0.25, -0.2) is 4.68 Å². The molecule has 1 aliphatic carbocycles. The topological polar surface area (TPSA) is 46.9 Å². The van der Waals surface area contributed by atoms with Crippen LogP contribution >= 0.6 is 0 Å². The summed E-state index contributed by atoms with van der Waals surface area (Å²) < 4.78 is 1.77. The molecule has 4 heteroatoms. The number of aromatic nitrogens is 2. The average Bonchev–Trinajstić information content (AvgIpc) is 3.03. The number of carbonyl (C=O) groups excluding carboxylic acids is 1. The second-order valence-electron chi connectivity index (χ2n) is 5.94. The molecule has 0 bridgehead atoms. The normalized spacial score (nSPS) is 15.7. The summed E-state index contributed by atoms with van der Waals surface area (Å²) in [6.07, 6.45) is 8.28. The molecule has 0 radical (unpaired) electrons. The Morgan fingerprint density at radius 2 is 1.91 bits per heavy atom. The Morgan fingerprint density at radius 1 is 1.18 bits per heavy atom. The summed E-state index contributed by atoms with van der Waals surface area (Å²) >= 11 is 0. The number of carbonyl (C=O) groups is 1. The molecular formula is C18H23N3O. The van der Waals surface area contributed by atoms with Gasteiger partial charge >= 0.3 is 0 Å². The van der Waals surface area contributed by atoms with E-state index in [1.54, 1.807) is 10.9 Å². The summed E-state index contributed by atoms with van der Waals surface area (Å²) in [5.74, 6) is 1.33. The van der Waals surface area contributed by atoms with Crippen molar-refractivity contribution >= 4 is 11.7 Å². The number of nitrogens with one attached hydrogen (secondary N) is 1. The first kappa shape index (κ1) is 14.8. The van der Waals surface area contributed by atoms with Crippen molar-refractivity contribution in [3.8, 4) is 0 Å². The van der Waals surface area contributed by atoms with Crippen LogP contribution in [0.5, 0.6) is 0 Å². The summed E-state index contributed by atoms with van der Waals surface area (Å²) in [6.45, 7) is 2.74. The molecule has 1 N–H and O–H groups in total. The Hall–Kier alpha value is -2.10. The van der Waals surface area contributed by atoms with Crippen molar-refractivity contribution in [1.29, 1.82) is 0 Å². The first-order valence-electron chi connectivity index (χ1n) is 8.21. The van der Waals surface area contributed by atoms with Crippen LogP contribution in [0.15, 0.2) is 36.5 Å². The third kappa shape index (κ3) is 3.21. The van der Waals surface area contributed by atoms with Gasteiger partial charge in [0.15, 0.2) is 0 Å². The maximum Gasteiger partial charge on any atom is 0.256 e. The second-order valence-corrected chi connectivity index (χ2v) is 5.94. The van der Waals surface area contributed by atoms with E-state index >= 15 is 0 Å². The van der Waals surface area contributed by atoms with Gasteiger partial charge in [-0.05, 0) is 43.4 Å². The number of nitrogens with zero attached hydrogens (tertiary/aromatic N) is 2. The summed E-state index contributed by atoms with van der Waals surface area (Å²) in [7, 11) is 0. The quantitative estimate of drug-likeness (QED) is 0.919. The molecule has 1 aliphatic rings. The van der Waals surface area contributed by atoms with E-state index in [0.717, 1.165) is 12.4 Å². The lowest BCUT2D eigenvalue weighted by Gasteiger charge is -2.22. The van der Waals surface area contributed by atoms with Gasteiger partial charge in [0, 0.05) is 18.2 Å². The highest BCUT2D eigenvalue weighted by Crippen LogP contribution is 2.32. The minimum Gasteiger partial charge on any atom is -0.307 e. The van der Waals surface area contributed by atoms with E-state index in [2.05, 4.69) is 22.5 Å². The lowest BCUT2D eigenvalue weighted by atomic mass is 9.84. The van der Waals surface area contributed by atoms with Gasteiger partial charge in [0.05, 0.1) is 6.20 Å². The number of rotatable bonds is 4. The maximum atomic E-state index is 12.3. The SMILES string of the molecule is CCn1nccc1NC(=O)c1ccc(C2CCCCC2)cc1. The third-order valence-electron chi connectivity index (χ3n) is 4.51. The first-order chi connectivity index (χ1) is 10.8. The molecule has 0 atom stereocenters. The van der Waals surface area contributed by atoms with Gasteiger partial charge in [-0.15, -0.1) is 0 Å². The Balaban J connectivity index is 1.68. The molecule has 1 aromatic heterocycles. The second kappa shape index (κ2) is 6.77. The largest absolute Gasteiger partial charge is 0.307 e. The molecule has 1 fully saturated rings. The van der Waals surface area contributed by atoms with Crippen LogP contribution in [-0.2, 0) is 6.54 Å². The number of benzene rings is 1. The lowest BCUT2D eigenvalue weighted by molar-refractivity contribution is 0.102. The van der Waals surface area contributed by atoms with Gasteiger partial charge in [-0.2, -0.15) is 5.10 Å². The molecule has 0 saturated heterocycles. The van der Waals surface area contributed by atoms with Gasteiger partial charge in [-0.3, -0.25) is 4.79 Å². The average molecular weight is 297 g/mol. The van der Waals surface area contributed by atoms with Crippen LogP contribution in [0, 0.1) is 0 Å². The predicted molar refractivity (Wildman–Crippen MR) is 88.1 cm³/mol. The van der Waals surface area contributed by atoms with Gasteiger partial charge in [0.25, 0.3) is 5.91 Å². The van der Waals surface area contributed by atoms with Crippen molar-refractivity contribution < 1.29 is 4.79 Å². The summed E-state index contributed by atoms with van der Waals surface area (Å²) in [4.78, 5) is 12.3. The summed E-state index contributed by atoms with van der Waals surface area (Å²) in [6, 6.07) is 9.92. The predicted octanol–water partition coefficient (Wildman–Crippen LogP) is 4.20. The molecule has 1 aromatic carbocycles. The number of anilines is 1. The Labute approximate surface area is 131 Å². The van der Waals surface area contributed by atoms with Gasteiger partial charge < -0.3 is 5.32 Å². The van der Waals surface area contributed by atoms with Crippen LogP contribution in [0.4, 0.5) is 5.82 Å². The van der Waals surface area contributed by atoms with Crippen molar-refractivity contribution in [2.24, 2.45) is 0 Å². The standard InChI is InChI=1S/C18H23N3O/c1-2-21-17(12-13-19-21)20-18(22)16-10-8-15(9-11-16)14-6-4-3-5-7-14/h8-14H,2-7H2,1H3,(H,20,22). The first-order valence-corrected chi connectivity index (χ1v) is 8.21. The monoisotopic (exact) mass is 297 g/mol. The number of aryl methyl sites for hydroxylation is 1. The van der Waals surface area contributed by atoms with E-state index in [1.165, 1.54) is 37.7 Å². The molecule has 1 amide bonds. The van der Waals surface area contributed by atoms with E-state index in [-0.39, 0.29) is 5.91 Å². The number of hydrogen-bond donors (Lipinski definition) is 1. The van der Waals surface area contributed by atoms with Crippen LogP contribution in [0.3, 0.4) is 0 Å². The fraction of sp³-hybridized carbons (Fsp3) is 0.444. The van der Waals surface area contributed by atoms with Crippen LogP contribution in [0.1, 0.15) is 60.9 Å². The fourth-order valence-corrected chi connectivity index (χ4v) is 3.22. The molecule has 1 heterocycles.